The Morgan fingerprint density at radius 1 is 1.12 bits per heavy atom. The summed E-state index contributed by atoms with van der Waals surface area (Å²) >= 11 is 0. The molecule has 0 aliphatic rings. The van der Waals surface area contributed by atoms with Gasteiger partial charge in [0.1, 0.15) is 5.69 Å². The molecule has 0 saturated carbocycles. The van der Waals surface area contributed by atoms with Crippen LogP contribution in [-0.2, 0) is 14.1 Å². The molecule has 0 saturated heterocycles. The highest BCUT2D eigenvalue weighted by Crippen LogP contribution is 2.23. The number of nitrogens with one attached hydrogen (secondary N) is 1. The summed E-state index contributed by atoms with van der Waals surface area (Å²) in [4.78, 5) is 29.0. The third-order valence-electron chi connectivity index (χ3n) is 3.86. The van der Waals surface area contributed by atoms with Crippen molar-refractivity contribution < 1.29 is 4.79 Å². The molecule has 0 unspecified atom stereocenters. The average Bonchev–Trinajstić information content (AvgIpc) is 3.22. The predicted molar refractivity (Wildman–Crippen MR) is 92.9 cm³/mol. The van der Waals surface area contributed by atoms with Crippen LogP contribution in [0, 0.1) is 0 Å². The highest BCUT2D eigenvalue weighted by Gasteiger charge is 2.11. The number of fused-ring (bicyclic) bond motifs is 1. The second kappa shape index (κ2) is 5.82. The van der Waals surface area contributed by atoms with Gasteiger partial charge in [0.2, 0.25) is 5.95 Å². The molecule has 0 radical (unpaired) electrons. The number of carbonyl (C=O) groups is 1. The molecule has 0 bridgehead atoms. The van der Waals surface area contributed by atoms with Crippen LogP contribution in [0.1, 0.15) is 10.5 Å². The maximum absolute atomic E-state index is 12.2. The third-order valence-corrected chi connectivity index (χ3v) is 3.86. The Kier molecular flexibility index (Phi) is 3.50. The minimum absolute atomic E-state index is 0.241. The van der Waals surface area contributed by atoms with Crippen LogP contribution in [0.15, 0.2) is 49.4 Å². The molecule has 3 aromatic heterocycles. The molecule has 4 rings (SSSR count). The topological polar surface area (TPSA) is 90.5 Å². The van der Waals surface area contributed by atoms with Gasteiger partial charge in [-0.1, -0.05) is 12.1 Å². The van der Waals surface area contributed by atoms with Gasteiger partial charge in [0.15, 0.2) is 0 Å². The zero-order valence-corrected chi connectivity index (χ0v) is 13.7. The van der Waals surface area contributed by atoms with E-state index in [-0.39, 0.29) is 11.9 Å². The lowest BCUT2D eigenvalue weighted by atomic mass is 10.1. The van der Waals surface area contributed by atoms with Crippen LogP contribution >= 0.6 is 0 Å². The number of nitrogens with zero attached hydrogens (tertiary/aromatic N) is 6. The standard InChI is InChI=1S/C17H15N7O/c1-23-8-14(20-10-23)16(25)22-17-19-6-12-4-3-11(5-13(12)21-17)15-7-18-9-24(15)2/h3-10H,1-2H3,(H,19,21,22,25). The zero-order chi connectivity index (χ0) is 17.4. The molecule has 1 N–H and O–H groups in total. The zero-order valence-electron chi connectivity index (χ0n) is 13.7. The van der Waals surface area contributed by atoms with Crippen LogP contribution in [0.3, 0.4) is 0 Å². The Bertz CT molecular complexity index is 1080. The molecule has 0 spiro atoms. The molecule has 124 valence electrons. The van der Waals surface area contributed by atoms with Crippen molar-refractivity contribution in [3.63, 3.8) is 0 Å². The minimum atomic E-state index is -0.345. The number of aryl methyl sites for hydroxylation is 2. The number of hydrogen-bond acceptors (Lipinski definition) is 5. The van der Waals surface area contributed by atoms with Crippen molar-refractivity contribution in [1.82, 2.24) is 29.1 Å². The van der Waals surface area contributed by atoms with Crippen molar-refractivity contribution in [2.75, 3.05) is 5.32 Å². The molecule has 4 aromatic rings. The van der Waals surface area contributed by atoms with Crippen LogP contribution in [0.5, 0.6) is 0 Å². The van der Waals surface area contributed by atoms with Crippen molar-refractivity contribution in [2.24, 2.45) is 14.1 Å². The largest absolute Gasteiger partial charge is 0.340 e. The van der Waals surface area contributed by atoms with Crippen molar-refractivity contribution in [1.29, 1.82) is 0 Å². The molecule has 0 atom stereocenters. The summed E-state index contributed by atoms with van der Waals surface area (Å²) in [7, 11) is 3.74. The normalized spacial score (nSPS) is 11.0. The SMILES string of the molecule is Cn1cnc(C(=O)Nc2ncc3ccc(-c4cncn4C)cc3n2)c1. The van der Waals surface area contributed by atoms with Gasteiger partial charge in [-0.05, 0) is 6.07 Å². The van der Waals surface area contributed by atoms with E-state index in [0.717, 1.165) is 22.2 Å². The number of amides is 1. The molecule has 3 heterocycles. The fourth-order valence-corrected chi connectivity index (χ4v) is 2.57. The van der Waals surface area contributed by atoms with Crippen molar-refractivity contribution in [3.8, 4) is 11.3 Å². The second-order valence-corrected chi connectivity index (χ2v) is 5.74. The first kappa shape index (κ1) is 15.0. The van der Waals surface area contributed by atoms with Gasteiger partial charge in [-0.3, -0.25) is 10.1 Å². The molecular weight excluding hydrogens is 318 g/mol. The predicted octanol–water partition coefficient (Wildman–Crippen LogP) is 2.02. The van der Waals surface area contributed by atoms with E-state index < -0.39 is 0 Å². The molecule has 25 heavy (non-hydrogen) atoms. The highest BCUT2D eigenvalue weighted by molar-refractivity contribution is 6.02. The lowest BCUT2D eigenvalue weighted by Gasteiger charge is -2.06. The van der Waals surface area contributed by atoms with E-state index in [1.165, 1.54) is 0 Å². The summed E-state index contributed by atoms with van der Waals surface area (Å²) < 4.78 is 3.64. The molecule has 1 amide bonds. The maximum Gasteiger partial charge on any atom is 0.278 e. The monoisotopic (exact) mass is 333 g/mol. The summed E-state index contributed by atoms with van der Waals surface area (Å²) in [6, 6.07) is 5.89. The summed E-state index contributed by atoms with van der Waals surface area (Å²) in [6.45, 7) is 0. The first-order valence-electron chi connectivity index (χ1n) is 7.63. The minimum Gasteiger partial charge on any atom is -0.340 e. The highest BCUT2D eigenvalue weighted by atomic mass is 16.2. The first-order chi connectivity index (χ1) is 12.1. The smallest absolute Gasteiger partial charge is 0.278 e. The number of carbonyl (C=O) groups excluding carboxylic acids is 1. The van der Waals surface area contributed by atoms with E-state index in [1.807, 2.05) is 29.8 Å². The van der Waals surface area contributed by atoms with Crippen LogP contribution in [0.25, 0.3) is 22.2 Å². The Morgan fingerprint density at radius 3 is 2.72 bits per heavy atom. The van der Waals surface area contributed by atoms with Gasteiger partial charge in [0.25, 0.3) is 5.91 Å². The van der Waals surface area contributed by atoms with E-state index in [4.69, 9.17) is 0 Å². The maximum atomic E-state index is 12.2. The van der Waals surface area contributed by atoms with Crippen molar-refractivity contribution in [3.05, 3.63) is 55.1 Å². The Labute approximate surface area is 143 Å². The molecule has 1 aromatic carbocycles. The summed E-state index contributed by atoms with van der Waals surface area (Å²) in [5.74, 6) is -0.104. The molecule has 0 aliphatic heterocycles. The summed E-state index contributed by atoms with van der Waals surface area (Å²) in [6.07, 6.45) is 8.43. The Hall–Kier alpha value is -3.55. The van der Waals surface area contributed by atoms with Gasteiger partial charge in [0, 0.05) is 37.4 Å². The van der Waals surface area contributed by atoms with Gasteiger partial charge in [-0.15, -0.1) is 0 Å². The van der Waals surface area contributed by atoms with Gasteiger partial charge in [-0.25, -0.2) is 19.9 Å². The average molecular weight is 333 g/mol. The molecular formula is C17H15N7O. The van der Waals surface area contributed by atoms with Crippen molar-refractivity contribution >= 4 is 22.8 Å². The molecule has 8 nitrogen and oxygen atoms in total. The van der Waals surface area contributed by atoms with Gasteiger partial charge in [-0.2, -0.15) is 0 Å². The number of aromatic nitrogens is 6. The number of benzene rings is 1. The number of hydrogen-bond donors (Lipinski definition) is 1. The number of imidazole rings is 2. The quantitative estimate of drug-likeness (QED) is 0.619. The summed E-state index contributed by atoms with van der Waals surface area (Å²) in [5.41, 5.74) is 3.03. The van der Waals surface area contributed by atoms with E-state index in [9.17, 15) is 4.79 Å². The van der Waals surface area contributed by atoms with Gasteiger partial charge >= 0.3 is 0 Å². The van der Waals surface area contributed by atoms with Crippen LogP contribution in [-0.4, -0.2) is 35.0 Å². The van der Waals surface area contributed by atoms with E-state index >= 15 is 0 Å². The molecule has 8 heteroatoms. The fraction of sp³-hybridized carbons (Fsp3) is 0.118. The second-order valence-electron chi connectivity index (χ2n) is 5.74. The van der Waals surface area contributed by atoms with E-state index in [1.54, 1.807) is 42.9 Å². The van der Waals surface area contributed by atoms with Gasteiger partial charge < -0.3 is 9.13 Å². The van der Waals surface area contributed by atoms with E-state index in [0.29, 0.717) is 5.69 Å². The van der Waals surface area contributed by atoms with Crippen LogP contribution < -0.4 is 5.32 Å². The Morgan fingerprint density at radius 2 is 2.00 bits per heavy atom. The molecule has 0 fully saturated rings. The lowest BCUT2D eigenvalue weighted by Crippen LogP contribution is -2.14. The fourth-order valence-electron chi connectivity index (χ4n) is 2.57. The Balaban J connectivity index is 1.67. The summed E-state index contributed by atoms with van der Waals surface area (Å²) in [5, 5.41) is 3.57. The third kappa shape index (κ3) is 2.85. The van der Waals surface area contributed by atoms with Crippen molar-refractivity contribution in [2.45, 2.75) is 0 Å². The van der Waals surface area contributed by atoms with Crippen LogP contribution in [0.2, 0.25) is 0 Å². The first-order valence-corrected chi connectivity index (χ1v) is 7.63. The van der Waals surface area contributed by atoms with Gasteiger partial charge in [0.05, 0.1) is 30.1 Å². The number of anilines is 1. The van der Waals surface area contributed by atoms with Crippen LogP contribution in [0.4, 0.5) is 5.95 Å². The lowest BCUT2D eigenvalue weighted by molar-refractivity contribution is 0.102. The van der Waals surface area contributed by atoms with E-state index in [2.05, 4.69) is 25.3 Å². The number of rotatable bonds is 3. The molecule has 0 aliphatic carbocycles.